The smallest absolute Gasteiger partial charge is 0.295 e. The van der Waals surface area contributed by atoms with Crippen molar-refractivity contribution in [2.45, 2.75) is 39.2 Å². The maximum absolute atomic E-state index is 13.5. The summed E-state index contributed by atoms with van der Waals surface area (Å²) in [4.78, 5) is 28.5. The highest BCUT2D eigenvalue weighted by Gasteiger charge is 2.46. The number of carbonyl (C=O) groups is 2. The predicted octanol–water partition coefficient (Wildman–Crippen LogP) is 5.70. The Labute approximate surface area is 240 Å². The van der Waals surface area contributed by atoms with Gasteiger partial charge in [0.15, 0.2) is 23.0 Å². The van der Waals surface area contributed by atoms with E-state index in [4.69, 9.17) is 18.9 Å². The number of aliphatic hydroxyl groups is 1. The number of likely N-dealkylation sites (tertiary alicyclic amines) is 1. The number of aliphatic hydroxyl groups excluding tert-OH is 1. The third kappa shape index (κ3) is 6.01. The quantitative estimate of drug-likeness (QED) is 0.140. The summed E-state index contributed by atoms with van der Waals surface area (Å²) in [7, 11) is 0. The number of nitrogens with zero attached hydrogens (tertiary/aromatic N) is 1. The van der Waals surface area contributed by atoms with Crippen LogP contribution >= 0.6 is 0 Å². The van der Waals surface area contributed by atoms with Crippen LogP contribution in [0.3, 0.4) is 0 Å². The highest BCUT2D eigenvalue weighted by molar-refractivity contribution is 6.46. The number of amides is 1. The molecular weight excluding hydrogens is 522 g/mol. The second-order valence-corrected chi connectivity index (χ2v) is 9.93. The molecule has 8 nitrogen and oxygen atoms in total. The van der Waals surface area contributed by atoms with E-state index in [2.05, 4.69) is 6.92 Å². The van der Waals surface area contributed by atoms with Gasteiger partial charge in [0, 0.05) is 12.1 Å². The zero-order valence-electron chi connectivity index (χ0n) is 23.4. The molecule has 5 rings (SSSR count). The van der Waals surface area contributed by atoms with Gasteiger partial charge in [0.05, 0.1) is 24.8 Å². The Bertz CT molecular complexity index is 1430. The molecule has 2 heterocycles. The molecule has 1 fully saturated rings. The number of benzene rings is 3. The lowest BCUT2D eigenvalue weighted by Gasteiger charge is -2.26. The van der Waals surface area contributed by atoms with Crippen molar-refractivity contribution in [1.82, 2.24) is 4.90 Å². The maximum atomic E-state index is 13.5. The minimum atomic E-state index is -0.823. The Morgan fingerprint density at radius 1 is 0.927 bits per heavy atom. The molecular formula is C33H35NO7. The van der Waals surface area contributed by atoms with Gasteiger partial charge < -0.3 is 29.0 Å². The summed E-state index contributed by atoms with van der Waals surface area (Å²) < 4.78 is 23.2. The molecule has 0 unspecified atom stereocenters. The summed E-state index contributed by atoms with van der Waals surface area (Å²) in [6.07, 6.45) is 2.45. The molecule has 2 aliphatic heterocycles. The molecule has 1 atom stereocenters. The number of hydrogen-bond acceptors (Lipinski definition) is 7. The van der Waals surface area contributed by atoms with Crippen molar-refractivity contribution in [2.24, 2.45) is 0 Å². The number of ketones is 1. The monoisotopic (exact) mass is 557 g/mol. The fourth-order valence-electron chi connectivity index (χ4n) is 5.11. The van der Waals surface area contributed by atoms with Gasteiger partial charge in [-0.25, -0.2) is 0 Å². The van der Waals surface area contributed by atoms with E-state index < -0.39 is 17.7 Å². The normalized spacial score (nSPS) is 17.5. The third-order valence-electron chi connectivity index (χ3n) is 7.18. The molecule has 3 aromatic rings. The lowest BCUT2D eigenvalue weighted by molar-refractivity contribution is -0.139. The van der Waals surface area contributed by atoms with Crippen molar-refractivity contribution in [3.05, 3.63) is 89.0 Å². The summed E-state index contributed by atoms with van der Waals surface area (Å²) in [5.74, 6) is 0.484. The van der Waals surface area contributed by atoms with Gasteiger partial charge in [-0.2, -0.15) is 0 Å². The van der Waals surface area contributed by atoms with Crippen molar-refractivity contribution in [3.8, 4) is 23.0 Å². The van der Waals surface area contributed by atoms with Crippen molar-refractivity contribution in [1.29, 1.82) is 0 Å². The average Bonchev–Trinajstić information content (AvgIpc) is 3.26. The van der Waals surface area contributed by atoms with E-state index in [-0.39, 0.29) is 17.9 Å². The molecule has 0 saturated carbocycles. The number of fused-ring (bicyclic) bond motifs is 1. The van der Waals surface area contributed by atoms with Crippen LogP contribution < -0.4 is 18.9 Å². The van der Waals surface area contributed by atoms with E-state index in [9.17, 15) is 14.7 Å². The summed E-state index contributed by atoms with van der Waals surface area (Å²) in [5, 5.41) is 11.5. The van der Waals surface area contributed by atoms with Crippen LogP contribution in [0, 0.1) is 0 Å². The Kier molecular flexibility index (Phi) is 8.77. The standard InChI is InChI=1S/C33H35NO7/c1-3-5-17-39-25-13-11-23(20-27(25)38-4-2)30-29(31(35)24-12-14-26-28(21-24)41-19-18-40-26)32(36)33(37)34(30)16-15-22-9-7-6-8-10-22/h6-14,20-21,30,35H,3-5,15-19H2,1-2H3/t30-/m0/s1. The van der Waals surface area contributed by atoms with Gasteiger partial charge in [-0.15, -0.1) is 0 Å². The largest absolute Gasteiger partial charge is 0.507 e. The molecule has 0 bridgehead atoms. The van der Waals surface area contributed by atoms with Crippen molar-refractivity contribution in [3.63, 3.8) is 0 Å². The third-order valence-corrected chi connectivity index (χ3v) is 7.18. The number of unbranched alkanes of at least 4 members (excludes halogenated alkanes) is 1. The number of rotatable bonds is 11. The number of hydrogen-bond donors (Lipinski definition) is 1. The van der Waals surface area contributed by atoms with Crippen LogP contribution in [-0.4, -0.2) is 54.7 Å². The first-order valence-electron chi connectivity index (χ1n) is 14.1. The van der Waals surface area contributed by atoms with E-state index in [0.29, 0.717) is 67.0 Å². The summed E-state index contributed by atoms with van der Waals surface area (Å²) in [6, 6.07) is 19.4. The first-order valence-corrected chi connectivity index (χ1v) is 14.1. The molecule has 8 heteroatoms. The molecule has 3 aromatic carbocycles. The molecule has 1 amide bonds. The highest BCUT2D eigenvalue weighted by atomic mass is 16.6. The van der Waals surface area contributed by atoms with E-state index in [1.54, 1.807) is 30.3 Å². The van der Waals surface area contributed by atoms with Gasteiger partial charge in [-0.1, -0.05) is 49.7 Å². The van der Waals surface area contributed by atoms with Crippen LogP contribution in [0.1, 0.15) is 49.4 Å². The predicted molar refractivity (Wildman–Crippen MR) is 155 cm³/mol. The second kappa shape index (κ2) is 12.8. The Morgan fingerprint density at radius 2 is 1.71 bits per heavy atom. The zero-order chi connectivity index (χ0) is 28.8. The molecule has 0 aliphatic carbocycles. The van der Waals surface area contributed by atoms with Crippen molar-refractivity contribution in [2.75, 3.05) is 33.0 Å². The van der Waals surface area contributed by atoms with Crippen LogP contribution in [0.4, 0.5) is 0 Å². The van der Waals surface area contributed by atoms with Gasteiger partial charge >= 0.3 is 0 Å². The van der Waals surface area contributed by atoms with Gasteiger partial charge in [-0.05, 0) is 61.2 Å². The Balaban J connectivity index is 1.58. The maximum Gasteiger partial charge on any atom is 0.295 e. The Morgan fingerprint density at radius 3 is 2.46 bits per heavy atom. The van der Waals surface area contributed by atoms with E-state index in [1.165, 1.54) is 4.90 Å². The molecule has 0 aromatic heterocycles. The minimum absolute atomic E-state index is 0.0156. The second-order valence-electron chi connectivity index (χ2n) is 9.93. The van der Waals surface area contributed by atoms with E-state index in [0.717, 1.165) is 18.4 Å². The first kappa shape index (κ1) is 28.1. The summed E-state index contributed by atoms with van der Waals surface area (Å²) in [6.45, 7) is 6.05. The van der Waals surface area contributed by atoms with Crippen LogP contribution in [0.2, 0.25) is 0 Å². The van der Waals surface area contributed by atoms with Gasteiger partial charge in [0.2, 0.25) is 0 Å². The van der Waals surface area contributed by atoms with E-state index in [1.807, 2.05) is 43.3 Å². The molecule has 2 aliphatic rings. The lowest BCUT2D eigenvalue weighted by atomic mass is 9.94. The van der Waals surface area contributed by atoms with Crippen LogP contribution in [0.25, 0.3) is 5.76 Å². The fourth-order valence-corrected chi connectivity index (χ4v) is 5.11. The zero-order valence-corrected chi connectivity index (χ0v) is 23.4. The van der Waals surface area contributed by atoms with Gasteiger partial charge in [0.1, 0.15) is 19.0 Å². The number of ether oxygens (including phenoxy) is 4. The number of carbonyl (C=O) groups excluding carboxylic acids is 2. The Hall–Kier alpha value is -4.46. The SMILES string of the molecule is CCCCOc1ccc([C@H]2C(=C(O)c3ccc4c(c3)OCCO4)C(=O)C(=O)N2CCc2ccccc2)cc1OCC. The lowest BCUT2D eigenvalue weighted by Crippen LogP contribution is -2.31. The molecule has 1 saturated heterocycles. The molecule has 214 valence electrons. The fraction of sp³-hybridized carbons (Fsp3) is 0.333. The number of Topliss-reactive ketones (excluding diaryl/α,β-unsaturated/α-hetero) is 1. The first-order chi connectivity index (χ1) is 20.0. The molecule has 0 radical (unpaired) electrons. The van der Waals surface area contributed by atoms with Crippen LogP contribution in [0.5, 0.6) is 23.0 Å². The molecule has 0 spiro atoms. The van der Waals surface area contributed by atoms with Crippen molar-refractivity contribution >= 4 is 17.4 Å². The summed E-state index contributed by atoms with van der Waals surface area (Å²) in [5.41, 5.74) is 2.06. The van der Waals surface area contributed by atoms with E-state index >= 15 is 0 Å². The highest BCUT2D eigenvalue weighted by Crippen LogP contribution is 2.43. The summed E-state index contributed by atoms with van der Waals surface area (Å²) >= 11 is 0. The van der Waals surface area contributed by atoms with Crippen molar-refractivity contribution < 1.29 is 33.6 Å². The molecule has 1 N–H and O–H groups in total. The van der Waals surface area contributed by atoms with Crippen LogP contribution in [0.15, 0.2) is 72.3 Å². The molecule has 41 heavy (non-hydrogen) atoms. The topological polar surface area (TPSA) is 94.5 Å². The van der Waals surface area contributed by atoms with Crippen LogP contribution in [-0.2, 0) is 16.0 Å². The van der Waals surface area contributed by atoms with Gasteiger partial charge in [0.25, 0.3) is 11.7 Å². The van der Waals surface area contributed by atoms with Gasteiger partial charge in [-0.3, -0.25) is 9.59 Å². The minimum Gasteiger partial charge on any atom is -0.507 e. The average molecular weight is 558 g/mol.